The highest BCUT2D eigenvalue weighted by Crippen LogP contribution is 2.33. The molecular weight excluding hydrogens is 470 g/mol. The first-order chi connectivity index (χ1) is 18.0. The van der Waals surface area contributed by atoms with Crippen LogP contribution in [0.15, 0.2) is 54.6 Å². The number of carbonyl (C=O) groups is 2. The number of hydrogen-bond acceptors (Lipinski definition) is 7. The number of ether oxygens (including phenoxy) is 4. The van der Waals surface area contributed by atoms with Gasteiger partial charge in [0.2, 0.25) is 0 Å². The Morgan fingerprint density at radius 2 is 1.65 bits per heavy atom. The number of benzene rings is 3. The number of nitriles is 1. The Morgan fingerprint density at radius 1 is 0.946 bits per heavy atom. The molecule has 0 N–H and O–H groups in total. The van der Waals surface area contributed by atoms with Gasteiger partial charge in [-0.15, -0.1) is 0 Å². The SMILES string of the molecule is CC.COC(=O)c1cc(OC2CCC(C(=O)OCc3cccc4ccccc34)CC2)c(C#N)cc1OC. The molecule has 7 nitrogen and oxygen atoms in total. The number of fused-ring (bicyclic) bond motifs is 1. The van der Waals surface area contributed by atoms with Gasteiger partial charge in [0.05, 0.1) is 31.8 Å². The zero-order chi connectivity index (χ0) is 26.8. The van der Waals surface area contributed by atoms with E-state index in [1.807, 2.05) is 56.3 Å². The molecule has 1 saturated carbocycles. The molecule has 1 aliphatic rings. The van der Waals surface area contributed by atoms with Crippen molar-refractivity contribution in [1.29, 1.82) is 5.26 Å². The van der Waals surface area contributed by atoms with Crippen molar-refractivity contribution in [2.24, 2.45) is 5.92 Å². The molecule has 1 aliphatic carbocycles. The van der Waals surface area contributed by atoms with Crippen molar-refractivity contribution < 1.29 is 28.5 Å². The monoisotopic (exact) mass is 503 g/mol. The molecule has 3 aromatic rings. The highest BCUT2D eigenvalue weighted by atomic mass is 16.5. The highest BCUT2D eigenvalue weighted by molar-refractivity contribution is 5.93. The van der Waals surface area contributed by atoms with E-state index >= 15 is 0 Å². The Labute approximate surface area is 217 Å². The second-order valence-electron chi connectivity index (χ2n) is 8.49. The van der Waals surface area contributed by atoms with Gasteiger partial charge < -0.3 is 18.9 Å². The van der Waals surface area contributed by atoms with Crippen molar-refractivity contribution in [3.05, 3.63) is 71.3 Å². The number of esters is 2. The first-order valence-electron chi connectivity index (χ1n) is 12.5. The molecule has 0 spiro atoms. The summed E-state index contributed by atoms with van der Waals surface area (Å²) < 4.78 is 21.8. The summed E-state index contributed by atoms with van der Waals surface area (Å²) in [6, 6.07) is 19.0. The molecule has 3 aromatic carbocycles. The third kappa shape index (κ3) is 6.59. The maximum Gasteiger partial charge on any atom is 0.341 e. The average molecular weight is 504 g/mol. The van der Waals surface area contributed by atoms with Crippen LogP contribution in [0.5, 0.6) is 11.5 Å². The van der Waals surface area contributed by atoms with E-state index in [9.17, 15) is 14.9 Å². The maximum atomic E-state index is 12.7. The minimum Gasteiger partial charge on any atom is -0.496 e. The standard InChI is InChI=1S/C28H27NO6.C2H6/c1-32-26-14-21(16-29)25(15-24(26)28(31)33-2)35-22-12-10-19(11-13-22)27(30)34-17-20-8-5-7-18-6-3-4-9-23(18)20;1-2/h3-9,14-15,19,22H,10-13,17H2,1-2H3;1-2H3. The molecule has 1 fully saturated rings. The van der Waals surface area contributed by atoms with Crippen LogP contribution >= 0.6 is 0 Å². The Morgan fingerprint density at radius 3 is 2.32 bits per heavy atom. The summed E-state index contributed by atoms with van der Waals surface area (Å²) in [5, 5.41) is 11.7. The quantitative estimate of drug-likeness (QED) is 0.354. The van der Waals surface area contributed by atoms with Crippen LogP contribution in [0, 0.1) is 17.2 Å². The molecule has 0 heterocycles. The second kappa shape index (κ2) is 13.3. The smallest absolute Gasteiger partial charge is 0.341 e. The summed E-state index contributed by atoms with van der Waals surface area (Å²) >= 11 is 0. The van der Waals surface area contributed by atoms with Gasteiger partial charge in [-0.1, -0.05) is 56.3 Å². The van der Waals surface area contributed by atoms with Gasteiger partial charge in [-0.05, 0) is 48.1 Å². The molecule has 0 unspecified atom stereocenters. The summed E-state index contributed by atoms with van der Waals surface area (Å²) in [7, 11) is 2.70. The molecule has 0 radical (unpaired) electrons. The predicted octanol–water partition coefficient (Wildman–Crippen LogP) is 6.21. The van der Waals surface area contributed by atoms with E-state index in [-0.39, 0.29) is 41.5 Å². The van der Waals surface area contributed by atoms with Crippen molar-refractivity contribution in [3.8, 4) is 17.6 Å². The minimum absolute atomic E-state index is 0.178. The maximum absolute atomic E-state index is 12.7. The molecule has 0 bridgehead atoms. The van der Waals surface area contributed by atoms with Crippen LogP contribution in [0.2, 0.25) is 0 Å². The van der Waals surface area contributed by atoms with Gasteiger partial charge in [0.25, 0.3) is 0 Å². The zero-order valence-electron chi connectivity index (χ0n) is 21.8. The topological polar surface area (TPSA) is 94.9 Å². The highest BCUT2D eigenvalue weighted by Gasteiger charge is 2.29. The summed E-state index contributed by atoms with van der Waals surface area (Å²) in [5.74, 6) is -0.420. The Kier molecular flexibility index (Phi) is 9.91. The molecule has 0 atom stereocenters. The Hall–Kier alpha value is -4.05. The first kappa shape index (κ1) is 27.5. The van der Waals surface area contributed by atoms with E-state index in [2.05, 4.69) is 6.07 Å². The van der Waals surface area contributed by atoms with E-state index in [1.165, 1.54) is 26.4 Å². The van der Waals surface area contributed by atoms with Crippen LogP contribution in [0.1, 0.15) is 61.0 Å². The molecule has 4 rings (SSSR count). The van der Waals surface area contributed by atoms with E-state index in [0.29, 0.717) is 31.4 Å². The van der Waals surface area contributed by atoms with Gasteiger partial charge in [-0.25, -0.2) is 4.79 Å². The Balaban J connectivity index is 0.00000186. The summed E-state index contributed by atoms with van der Waals surface area (Å²) in [6.07, 6.45) is 2.35. The van der Waals surface area contributed by atoms with Crippen LogP contribution < -0.4 is 9.47 Å². The van der Waals surface area contributed by atoms with Gasteiger partial charge in [-0.2, -0.15) is 5.26 Å². The molecule has 37 heavy (non-hydrogen) atoms. The van der Waals surface area contributed by atoms with Gasteiger partial charge in [-0.3, -0.25) is 4.79 Å². The van der Waals surface area contributed by atoms with Crippen molar-refractivity contribution in [3.63, 3.8) is 0 Å². The van der Waals surface area contributed by atoms with Crippen molar-refractivity contribution >= 4 is 22.7 Å². The number of carbonyl (C=O) groups excluding carboxylic acids is 2. The lowest BCUT2D eigenvalue weighted by atomic mass is 9.87. The Bertz CT molecular complexity index is 1270. The lowest BCUT2D eigenvalue weighted by Crippen LogP contribution is -2.29. The number of rotatable bonds is 7. The fourth-order valence-electron chi connectivity index (χ4n) is 4.46. The third-order valence-corrected chi connectivity index (χ3v) is 6.38. The molecule has 0 aromatic heterocycles. The van der Waals surface area contributed by atoms with Gasteiger partial charge in [0.15, 0.2) is 0 Å². The third-order valence-electron chi connectivity index (χ3n) is 6.38. The normalized spacial score (nSPS) is 16.5. The van der Waals surface area contributed by atoms with Crippen LogP contribution in [-0.4, -0.2) is 32.3 Å². The van der Waals surface area contributed by atoms with Crippen molar-refractivity contribution in [2.75, 3.05) is 14.2 Å². The fraction of sp³-hybridized carbons (Fsp3) is 0.367. The summed E-state index contributed by atoms with van der Waals surface area (Å²) in [5.41, 5.74) is 1.44. The van der Waals surface area contributed by atoms with E-state index in [4.69, 9.17) is 18.9 Å². The minimum atomic E-state index is -0.575. The van der Waals surface area contributed by atoms with Crippen LogP contribution in [0.4, 0.5) is 0 Å². The van der Waals surface area contributed by atoms with Gasteiger partial charge in [0, 0.05) is 6.07 Å². The molecule has 0 aliphatic heterocycles. The molecular formula is C30H33NO6. The van der Waals surface area contributed by atoms with Crippen molar-refractivity contribution in [2.45, 2.75) is 52.2 Å². The van der Waals surface area contributed by atoms with Crippen LogP contribution in [-0.2, 0) is 20.9 Å². The molecule has 0 saturated heterocycles. The van der Waals surface area contributed by atoms with E-state index in [0.717, 1.165) is 16.3 Å². The fourth-order valence-corrected chi connectivity index (χ4v) is 4.46. The number of nitrogens with zero attached hydrogens (tertiary/aromatic N) is 1. The van der Waals surface area contributed by atoms with Gasteiger partial charge in [0.1, 0.15) is 29.7 Å². The molecule has 194 valence electrons. The average Bonchev–Trinajstić information content (AvgIpc) is 2.96. The lowest BCUT2D eigenvalue weighted by molar-refractivity contribution is -0.151. The number of methoxy groups -OCH3 is 2. The summed E-state index contributed by atoms with van der Waals surface area (Å²) in [4.78, 5) is 24.8. The summed E-state index contributed by atoms with van der Waals surface area (Å²) in [6.45, 7) is 4.24. The largest absolute Gasteiger partial charge is 0.496 e. The molecule has 0 amide bonds. The first-order valence-corrected chi connectivity index (χ1v) is 12.5. The predicted molar refractivity (Wildman–Crippen MR) is 141 cm³/mol. The van der Waals surface area contributed by atoms with E-state index < -0.39 is 5.97 Å². The van der Waals surface area contributed by atoms with Gasteiger partial charge >= 0.3 is 11.9 Å². The number of hydrogen-bond donors (Lipinski definition) is 0. The molecule has 7 heteroatoms. The zero-order valence-corrected chi connectivity index (χ0v) is 21.8. The second-order valence-corrected chi connectivity index (χ2v) is 8.49. The van der Waals surface area contributed by atoms with Crippen LogP contribution in [0.25, 0.3) is 10.8 Å². The van der Waals surface area contributed by atoms with E-state index in [1.54, 1.807) is 0 Å². The van der Waals surface area contributed by atoms with Crippen molar-refractivity contribution in [1.82, 2.24) is 0 Å². The van der Waals surface area contributed by atoms with Crippen LogP contribution in [0.3, 0.4) is 0 Å². The lowest BCUT2D eigenvalue weighted by Gasteiger charge is -2.28.